The topological polar surface area (TPSA) is 75.8 Å². The summed E-state index contributed by atoms with van der Waals surface area (Å²) in [6.07, 6.45) is 4.74. The second-order valence-electron chi connectivity index (χ2n) is 5.52. The summed E-state index contributed by atoms with van der Waals surface area (Å²) in [6.45, 7) is 0.824. The molecule has 1 unspecified atom stereocenters. The van der Waals surface area contributed by atoms with E-state index in [4.69, 9.17) is 0 Å². The number of aliphatic carboxylic acids is 1. The van der Waals surface area contributed by atoms with Gasteiger partial charge in [-0.05, 0) is 25.0 Å². The van der Waals surface area contributed by atoms with Crippen LogP contribution in [0, 0.1) is 5.82 Å². The van der Waals surface area contributed by atoms with E-state index in [1.807, 2.05) is 4.57 Å². The fourth-order valence-electron chi connectivity index (χ4n) is 3.08. The predicted octanol–water partition coefficient (Wildman–Crippen LogP) is -1.58. The minimum absolute atomic E-state index is 0. The van der Waals surface area contributed by atoms with E-state index in [1.165, 1.54) is 16.9 Å². The van der Waals surface area contributed by atoms with Gasteiger partial charge in [0.25, 0.3) is 0 Å². The van der Waals surface area contributed by atoms with Gasteiger partial charge in [0.05, 0.1) is 28.9 Å². The number of aromatic nitrogens is 4. The summed E-state index contributed by atoms with van der Waals surface area (Å²) in [5, 5.41) is 16.2. The maximum atomic E-state index is 14.0. The van der Waals surface area contributed by atoms with Gasteiger partial charge in [-0.25, -0.2) is 9.37 Å². The number of aryl methyl sites for hydroxylation is 1. The standard InChI is InChI=1S/C15H12BrFN4O2.Li/c16-8-4-10(17)9-6-21(19-11(9)5-8)14(15(22)23)13-12-2-1-3-20(12)7-18-13;/h4-7,14H,1-3H2,(H,22,23);/q;+1/p-1. The van der Waals surface area contributed by atoms with Crippen molar-refractivity contribution in [1.29, 1.82) is 0 Å². The molecule has 9 heteroatoms. The van der Waals surface area contributed by atoms with Gasteiger partial charge in [-0.3, -0.25) is 4.68 Å². The maximum absolute atomic E-state index is 14.0. The van der Waals surface area contributed by atoms with Crippen LogP contribution in [0.5, 0.6) is 0 Å². The molecule has 2 aromatic heterocycles. The van der Waals surface area contributed by atoms with E-state index in [0.717, 1.165) is 25.1 Å². The van der Waals surface area contributed by atoms with Crippen LogP contribution in [0.3, 0.4) is 0 Å². The molecule has 0 amide bonds. The first kappa shape index (κ1) is 17.2. The number of carboxylic acids is 1. The van der Waals surface area contributed by atoms with Gasteiger partial charge in [0.1, 0.15) is 11.9 Å². The van der Waals surface area contributed by atoms with Gasteiger partial charge < -0.3 is 14.5 Å². The van der Waals surface area contributed by atoms with Gasteiger partial charge >= 0.3 is 18.9 Å². The van der Waals surface area contributed by atoms with Gasteiger partial charge in [-0.15, -0.1) is 0 Å². The molecule has 6 nitrogen and oxygen atoms in total. The Hall–Kier alpha value is -1.62. The third kappa shape index (κ3) is 2.69. The zero-order valence-electron chi connectivity index (χ0n) is 12.9. The number of halogens is 2. The van der Waals surface area contributed by atoms with Crippen molar-refractivity contribution in [3.8, 4) is 0 Å². The Morgan fingerprint density at radius 1 is 1.42 bits per heavy atom. The predicted molar refractivity (Wildman–Crippen MR) is 81.1 cm³/mol. The second-order valence-corrected chi connectivity index (χ2v) is 6.44. The summed E-state index contributed by atoms with van der Waals surface area (Å²) in [7, 11) is 0. The third-order valence-electron chi connectivity index (χ3n) is 4.10. The number of imidazole rings is 1. The van der Waals surface area contributed by atoms with Gasteiger partial charge in [0, 0.05) is 22.9 Å². The van der Waals surface area contributed by atoms with Crippen LogP contribution in [-0.4, -0.2) is 25.3 Å². The molecule has 1 aliphatic rings. The smallest absolute Gasteiger partial charge is 0.547 e. The monoisotopic (exact) mass is 384 g/mol. The first-order chi connectivity index (χ1) is 11.0. The van der Waals surface area contributed by atoms with Crippen LogP contribution in [0.25, 0.3) is 10.9 Å². The second kappa shape index (κ2) is 6.35. The van der Waals surface area contributed by atoms with Crippen LogP contribution in [0.15, 0.2) is 29.1 Å². The Bertz CT molecular complexity index is 939. The number of carboxylic acid groups (broad SMARTS) is 1. The summed E-state index contributed by atoms with van der Waals surface area (Å²) >= 11 is 3.20. The number of carbonyl (C=O) groups excluding carboxylic acids is 1. The number of rotatable bonds is 3. The Morgan fingerprint density at radius 2 is 2.21 bits per heavy atom. The zero-order chi connectivity index (χ0) is 16.1. The molecule has 0 saturated heterocycles. The normalized spacial score (nSPS) is 14.4. The number of hydrogen-bond acceptors (Lipinski definition) is 4. The van der Waals surface area contributed by atoms with Gasteiger partial charge in [-0.2, -0.15) is 5.10 Å². The van der Waals surface area contributed by atoms with Gasteiger partial charge in [0.15, 0.2) is 0 Å². The molecule has 0 fully saturated rings. The van der Waals surface area contributed by atoms with Crippen LogP contribution in [0.4, 0.5) is 4.39 Å². The molecule has 0 bridgehead atoms. The molecule has 0 radical (unpaired) electrons. The molecule has 0 N–H and O–H groups in total. The Morgan fingerprint density at radius 3 is 2.96 bits per heavy atom. The molecule has 0 spiro atoms. The molecule has 1 aromatic carbocycles. The SMILES string of the molecule is O=C([O-])C(c1ncn2c1CCC2)n1cc2c(F)cc(Br)cc2n1.[Li+]. The minimum atomic E-state index is -1.31. The average Bonchev–Trinajstić information content (AvgIpc) is 3.15. The Kier molecular flexibility index (Phi) is 4.56. The largest absolute Gasteiger partial charge is 1.00 e. The van der Waals surface area contributed by atoms with Crippen molar-refractivity contribution in [3.63, 3.8) is 0 Å². The molecule has 3 heterocycles. The van der Waals surface area contributed by atoms with Crippen LogP contribution in [-0.2, 0) is 17.8 Å². The van der Waals surface area contributed by atoms with Crippen molar-refractivity contribution in [1.82, 2.24) is 19.3 Å². The molecule has 24 heavy (non-hydrogen) atoms. The van der Waals surface area contributed by atoms with E-state index in [1.54, 1.807) is 12.4 Å². The Balaban J connectivity index is 0.00000169. The molecule has 0 saturated carbocycles. The van der Waals surface area contributed by atoms with Crippen LogP contribution < -0.4 is 24.0 Å². The Labute approximate surface area is 157 Å². The van der Waals surface area contributed by atoms with E-state index in [-0.39, 0.29) is 24.2 Å². The van der Waals surface area contributed by atoms with Crippen molar-refractivity contribution >= 4 is 32.8 Å². The summed E-state index contributed by atoms with van der Waals surface area (Å²) in [5.74, 6) is -1.78. The first-order valence-electron chi connectivity index (χ1n) is 7.13. The van der Waals surface area contributed by atoms with E-state index < -0.39 is 17.8 Å². The van der Waals surface area contributed by atoms with E-state index in [2.05, 4.69) is 26.0 Å². The quantitative estimate of drug-likeness (QED) is 0.511. The average molecular weight is 385 g/mol. The van der Waals surface area contributed by atoms with Crippen molar-refractivity contribution < 1.29 is 33.2 Å². The summed E-state index contributed by atoms with van der Waals surface area (Å²) in [5.41, 5.74) is 1.66. The number of benzene rings is 1. The van der Waals surface area contributed by atoms with Crippen molar-refractivity contribution in [2.45, 2.75) is 25.4 Å². The molecular formula is C15H11BrFLiN4O2. The number of hydrogen-bond donors (Lipinski definition) is 0. The first-order valence-corrected chi connectivity index (χ1v) is 7.92. The fraction of sp³-hybridized carbons (Fsp3) is 0.267. The van der Waals surface area contributed by atoms with E-state index in [0.29, 0.717) is 15.7 Å². The van der Waals surface area contributed by atoms with Crippen molar-refractivity contribution in [2.75, 3.05) is 0 Å². The fourth-order valence-corrected chi connectivity index (χ4v) is 3.50. The van der Waals surface area contributed by atoms with Gasteiger partial charge in [0.2, 0.25) is 0 Å². The number of carbonyl (C=O) groups is 1. The van der Waals surface area contributed by atoms with E-state index in [9.17, 15) is 14.3 Å². The van der Waals surface area contributed by atoms with Crippen LogP contribution in [0.1, 0.15) is 23.9 Å². The molecule has 3 aromatic rings. The third-order valence-corrected chi connectivity index (χ3v) is 4.55. The summed E-state index contributed by atoms with van der Waals surface area (Å²) < 4.78 is 17.7. The summed E-state index contributed by atoms with van der Waals surface area (Å²) in [4.78, 5) is 15.9. The zero-order valence-corrected chi connectivity index (χ0v) is 14.5. The molecule has 0 aliphatic carbocycles. The molecule has 1 atom stereocenters. The molecule has 118 valence electrons. The minimum Gasteiger partial charge on any atom is -0.547 e. The maximum Gasteiger partial charge on any atom is 1.00 e. The van der Waals surface area contributed by atoms with Crippen molar-refractivity contribution in [3.05, 3.63) is 46.3 Å². The molecule has 4 rings (SSSR count). The van der Waals surface area contributed by atoms with Crippen LogP contribution >= 0.6 is 15.9 Å². The molecular weight excluding hydrogens is 374 g/mol. The van der Waals surface area contributed by atoms with Crippen molar-refractivity contribution in [2.24, 2.45) is 0 Å². The number of fused-ring (bicyclic) bond motifs is 2. The summed E-state index contributed by atoms with van der Waals surface area (Å²) in [6, 6.07) is 1.78. The number of nitrogens with zero attached hydrogens (tertiary/aromatic N) is 4. The molecule has 1 aliphatic heterocycles. The van der Waals surface area contributed by atoms with Gasteiger partial charge in [-0.1, -0.05) is 15.9 Å². The van der Waals surface area contributed by atoms with Crippen LogP contribution in [0.2, 0.25) is 0 Å². The van der Waals surface area contributed by atoms with E-state index >= 15 is 0 Å².